The molecule has 0 spiro atoms. The minimum Gasteiger partial charge on any atom is -0.0654 e. The Morgan fingerprint density at radius 1 is 0.362 bits per heavy atom. The minimum absolute atomic E-state index is 0.162. The Morgan fingerprint density at radius 3 is 0.894 bits per heavy atom. The fraction of sp³-hybridized carbons (Fsp3) is 0.182. The summed E-state index contributed by atoms with van der Waals surface area (Å²) in [5.74, 6) is 0. The van der Waals surface area contributed by atoms with E-state index in [1.165, 1.54) is 57.3 Å². The van der Waals surface area contributed by atoms with Gasteiger partial charge in [-0.05, 0) is 74.6 Å². The predicted octanol–water partition coefficient (Wildman–Crippen LogP) is 10.3. The van der Waals surface area contributed by atoms with Crippen LogP contribution in [0, 0.1) is 0 Å². The third kappa shape index (κ3) is 10.1. The van der Waals surface area contributed by atoms with Gasteiger partial charge in [0.15, 0.2) is 0 Å². The highest BCUT2D eigenvalue weighted by Gasteiger charge is 2.32. The van der Waals surface area contributed by atoms with E-state index in [2.05, 4.69) is 196 Å². The molecule has 3 heteroatoms. The van der Waals surface area contributed by atoms with Gasteiger partial charge in [-0.2, -0.15) is 0 Å². The van der Waals surface area contributed by atoms with Crippen LogP contribution in [0.4, 0.5) is 0 Å². The van der Waals surface area contributed by atoms with Crippen LogP contribution in [0.5, 0.6) is 0 Å². The summed E-state index contributed by atoms with van der Waals surface area (Å²) >= 11 is 0. The molecular weight excluding hydrogens is 621 g/mol. The van der Waals surface area contributed by atoms with E-state index >= 15 is 0 Å². The Kier molecular flexibility index (Phi) is 14.4. The van der Waals surface area contributed by atoms with Crippen LogP contribution in [0.1, 0.15) is 39.5 Å². The van der Waals surface area contributed by atoms with Crippen LogP contribution in [-0.2, 0) is 0 Å². The first-order valence-electron chi connectivity index (χ1n) is 17.0. The molecule has 0 saturated heterocycles. The van der Waals surface area contributed by atoms with Crippen LogP contribution < -0.4 is 31.8 Å². The first kappa shape index (κ1) is 34.9. The third-order valence-electron chi connectivity index (χ3n) is 8.22. The van der Waals surface area contributed by atoms with E-state index in [4.69, 9.17) is 0 Å². The normalized spacial score (nSPS) is 11.1. The number of hydrogen-bond donors (Lipinski definition) is 0. The van der Waals surface area contributed by atoms with E-state index in [-0.39, 0.29) is 7.92 Å². The van der Waals surface area contributed by atoms with E-state index in [0.717, 1.165) is 6.42 Å². The SMILES string of the molecule is CCC(P(c1ccccc1)c1ccccc1)P(c1ccccc1)c1ccccc1.CCCCCP(c1ccccc1)c1ccccc1. The van der Waals surface area contributed by atoms with Crippen LogP contribution in [-0.4, -0.2) is 11.6 Å². The molecule has 6 aromatic rings. The van der Waals surface area contributed by atoms with E-state index in [1.807, 2.05) is 0 Å². The van der Waals surface area contributed by atoms with Crippen molar-refractivity contribution in [3.05, 3.63) is 182 Å². The molecule has 47 heavy (non-hydrogen) atoms. The lowest BCUT2D eigenvalue weighted by Crippen LogP contribution is -2.27. The van der Waals surface area contributed by atoms with Gasteiger partial charge in [0.25, 0.3) is 0 Å². The maximum atomic E-state index is 2.37. The van der Waals surface area contributed by atoms with Crippen molar-refractivity contribution in [3.63, 3.8) is 0 Å². The average Bonchev–Trinajstić information content (AvgIpc) is 3.16. The summed E-state index contributed by atoms with van der Waals surface area (Å²) in [4.78, 5) is 0. The molecule has 6 rings (SSSR count). The highest BCUT2D eigenvalue weighted by molar-refractivity contribution is 7.89. The van der Waals surface area contributed by atoms with E-state index in [9.17, 15) is 0 Å². The van der Waals surface area contributed by atoms with Crippen molar-refractivity contribution in [1.82, 2.24) is 0 Å². The molecule has 0 nitrogen and oxygen atoms in total. The van der Waals surface area contributed by atoms with Crippen LogP contribution in [0.15, 0.2) is 182 Å². The number of benzene rings is 6. The zero-order valence-electron chi connectivity index (χ0n) is 27.8. The fourth-order valence-electron chi connectivity index (χ4n) is 5.96. The van der Waals surface area contributed by atoms with Crippen molar-refractivity contribution in [2.45, 2.75) is 44.9 Å². The summed E-state index contributed by atoms with van der Waals surface area (Å²) < 4.78 is 0. The summed E-state index contributed by atoms with van der Waals surface area (Å²) in [6.07, 6.45) is 6.46. The Hall–Kier alpha value is -3.39. The number of hydrogen-bond acceptors (Lipinski definition) is 0. The minimum atomic E-state index is -0.472. The van der Waals surface area contributed by atoms with Crippen molar-refractivity contribution in [3.8, 4) is 0 Å². The van der Waals surface area contributed by atoms with Gasteiger partial charge < -0.3 is 0 Å². The Labute approximate surface area is 287 Å². The molecule has 0 aliphatic heterocycles. The van der Waals surface area contributed by atoms with Crippen molar-refractivity contribution in [2.24, 2.45) is 0 Å². The van der Waals surface area contributed by atoms with Crippen LogP contribution in [0.2, 0.25) is 0 Å². The molecule has 0 aliphatic carbocycles. The monoisotopic (exact) mass is 668 g/mol. The maximum absolute atomic E-state index is 2.37. The van der Waals surface area contributed by atoms with Gasteiger partial charge >= 0.3 is 0 Å². The molecule has 0 aromatic heterocycles. The van der Waals surface area contributed by atoms with Crippen molar-refractivity contribution >= 4 is 55.6 Å². The molecule has 0 radical (unpaired) electrons. The Bertz CT molecular complexity index is 1460. The van der Waals surface area contributed by atoms with E-state index < -0.39 is 15.8 Å². The van der Waals surface area contributed by atoms with Crippen molar-refractivity contribution in [2.75, 3.05) is 6.16 Å². The molecule has 0 heterocycles. The predicted molar refractivity (Wildman–Crippen MR) is 216 cm³/mol. The van der Waals surface area contributed by atoms with Crippen molar-refractivity contribution < 1.29 is 0 Å². The lowest BCUT2D eigenvalue weighted by Gasteiger charge is -2.35. The van der Waals surface area contributed by atoms with Gasteiger partial charge in [-0.25, -0.2) is 0 Å². The molecule has 0 aliphatic rings. The second-order valence-corrected chi connectivity index (χ2v) is 19.0. The van der Waals surface area contributed by atoms with Gasteiger partial charge in [-0.15, -0.1) is 0 Å². The molecule has 0 amide bonds. The second-order valence-electron chi connectivity index (χ2n) is 11.5. The lowest BCUT2D eigenvalue weighted by atomic mass is 10.3. The average molecular weight is 669 g/mol. The first-order valence-corrected chi connectivity index (χ1v) is 21.3. The van der Waals surface area contributed by atoms with Crippen LogP contribution in [0.25, 0.3) is 0 Å². The fourth-order valence-corrected chi connectivity index (χ4v) is 15.6. The van der Waals surface area contributed by atoms with Gasteiger partial charge in [0.2, 0.25) is 0 Å². The Morgan fingerprint density at radius 2 is 0.638 bits per heavy atom. The molecule has 0 N–H and O–H groups in total. The van der Waals surface area contributed by atoms with Gasteiger partial charge in [-0.1, -0.05) is 209 Å². The smallest absolute Gasteiger partial charge is 0.0152 e. The van der Waals surface area contributed by atoms with E-state index in [1.54, 1.807) is 0 Å². The topological polar surface area (TPSA) is 0 Å². The van der Waals surface area contributed by atoms with Gasteiger partial charge in [-0.3, -0.25) is 0 Å². The molecular formula is C44H47P3. The lowest BCUT2D eigenvalue weighted by molar-refractivity contribution is 0.777. The molecule has 0 fully saturated rings. The largest absolute Gasteiger partial charge is 0.0654 e. The van der Waals surface area contributed by atoms with Crippen molar-refractivity contribution in [1.29, 1.82) is 0 Å². The zero-order chi connectivity index (χ0) is 32.5. The summed E-state index contributed by atoms with van der Waals surface area (Å²) in [6, 6.07) is 66.6. The summed E-state index contributed by atoms with van der Waals surface area (Å²) in [6.45, 7) is 4.64. The van der Waals surface area contributed by atoms with Gasteiger partial charge in [0.05, 0.1) is 0 Å². The molecule has 0 atom stereocenters. The van der Waals surface area contributed by atoms with Gasteiger partial charge in [0.1, 0.15) is 0 Å². The molecule has 0 unspecified atom stereocenters. The van der Waals surface area contributed by atoms with Crippen LogP contribution in [0.3, 0.4) is 0 Å². The summed E-state index contributed by atoms with van der Waals surface area (Å²) in [5, 5.41) is 9.49. The molecule has 0 saturated carbocycles. The number of rotatable bonds is 13. The third-order valence-corrected chi connectivity index (χ3v) is 17.6. The summed E-state index contributed by atoms with van der Waals surface area (Å²) in [7, 11) is -1.11. The summed E-state index contributed by atoms with van der Waals surface area (Å²) in [5.41, 5.74) is 0. The number of unbranched alkanes of at least 4 members (excludes halogenated alkanes) is 2. The maximum Gasteiger partial charge on any atom is 0.0152 e. The highest BCUT2D eigenvalue weighted by Crippen LogP contribution is 2.57. The Balaban J connectivity index is 0.000000207. The van der Waals surface area contributed by atoms with Crippen LogP contribution >= 0.6 is 23.8 Å². The second kappa shape index (κ2) is 19.4. The zero-order valence-corrected chi connectivity index (χ0v) is 30.5. The van der Waals surface area contributed by atoms with E-state index in [0.29, 0.717) is 5.40 Å². The highest BCUT2D eigenvalue weighted by atomic mass is 31.2. The quantitative estimate of drug-likeness (QED) is 0.0849. The first-order chi connectivity index (χ1) is 23.3. The molecule has 0 bridgehead atoms. The molecule has 6 aromatic carbocycles. The van der Waals surface area contributed by atoms with Gasteiger partial charge in [0, 0.05) is 5.40 Å². The molecule has 238 valence electrons. The standard InChI is InChI=1S/C27H26P2.C17H21P/c1-2-27(28(23-15-7-3-8-16-23)24-17-9-4-10-18-24)29(25-19-11-5-12-20-25)26-21-13-6-14-22-26;1-2-3-10-15-18(16-11-6-4-7-12-16)17-13-8-5-9-14-17/h3-22,27H,2H2,1H3;4-9,11-14H,2-3,10,15H2,1H3.